The third kappa shape index (κ3) is 3.56. The Hall–Kier alpha value is -2.95. The summed E-state index contributed by atoms with van der Waals surface area (Å²) in [5.41, 5.74) is 2.48. The highest BCUT2D eigenvalue weighted by molar-refractivity contribution is 5.91. The van der Waals surface area contributed by atoms with Gasteiger partial charge in [-0.05, 0) is 41.8 Å². The molecular weight excluding hydrogens is 388 g/mol. The van der Waals surface area contributed by atoms with Crippen molar-refractivity contribution in [3.05, 3.63) is 59.7 Å². The van der Waals surface area contributed by atoms with Crippen LogP contribution >= 0.6 is 0 Å². The molecule has 5 nitrogen and oxygen atoms in total. The van der Waals surface area contributed by atoms with Gasteiger partial charge in [0.25, 0.3) is 0 Å². The summed E-state index contributed by atoms with van der Waals surface area (Å²) in [6, 6.07) is 14.3. The smallest absolute Gasteiger partial charge is 0.241 e. The number of anilines is 1. The Morgan fingerprint density at radius 1 is 1.13 bits per heavy atom. The quantitative estimate of drug-likeness (QED) is 0.617. The van der Waals surface area contributed by atoms with Crippen molar-refractivity contribution in [3.8, 4) is 11.5 Å². The number of hydrogen-bond acceptors (Lipinski definition) is 4. The number of methoxy groups -OCH3 is 1. The highest BCUT2D eigenvalue weighted by Gasteiger charge is 2.59. The van der Waals surface area contributed by atoms with Crippen molar-refractivity contribution in [1.82, 2.24) is 5.32 Å². The van der Waals surface area contributed by atoms with E-state index in [9.17, 15) is 4.79 Å². The zero-order valence-corrected chi connectivity index (χ0v) is 18.9. The second kappa shape index (κ2) is 8.29. The predicted molar refractivity (Wildman–Crippen MR) is 125 cm³/mol. The van der Waals surface area contributed by atoms with Crippen LogP contribution in [0.3, 0.4) is 0 Å². The lowest BCUT2D eigenvalue weighted by Gasteiger charge is -2.40. The summed E-state index contributed by atoms with van der Waals surface area (Å²) in [5.74, 6) is 1.52. The van der Waals surface area contributed by atoms with E-state index in [4.69, 9.17) is 9.47 Å². The molecule has 164 valence electrons. The lowest BCUT2D eigenvalue weighted by Crippen LogP contribution is -2.58. The molecule has 0 aliphatic carbocycles. The van der Waals surface area contributed by atoms with Gasteiger partial charge in [-0.15, -0.1) is 0 Å². The van der Waals surface area contributed by atoms with Crippen molar-refractivity contribution in [2.24, 2.45) is 0 Å². The van der Waals surface area contributed by atoms with Crippen LogP contribution in [0.1, 0.15) is 51.2 Å². The Morgan fingerprint density at radius 3 is 2.71 bits per heavy atom. The Morgan fingerprint density at radius 2 is 1.94 bits per heavy atom. The second-order valence-electron chi connectivity index (χ2n) is 8.84. The summed E-state index contributed by atoms with van der Waals surface area (Å²) in [6.07, 6.45) is 7.55. The Bertz CT molecular complexity index is 998. The standard InChI is InChI=1S/C26H32N2O3/c1-5-6-9-16-31-22-13-12-19(17-23(22)30-4)14-15-26-25(2,3)20-10-7-8-11-21(20)28(26)18-24(29)27-26/h7-8,10-15,17H,5-6,9,16,18H2,1-4H3,(H,27,29)/b15-14+/t26-/m1/s1. The number of nitrogens with one attached hydrogen (secondary N) is 1. The number of unbranched alkanes of at least 4 members (excludes halogenated alkanes) is 2. The average Bonchev–Trinajstić information content (AvgIpc) is 3.20. The number of carbonyl (C=O) groups is 1. The van der Waals surface area contributed by atoms with Crippen LogP contribution < -0.4 is 19.7 Å². The van der Waals surface area contributed by atoms with Crippen molar-refractivity contribution in [2.45, 2.75) is 51.1 Å². The normalized spacial score (nSPS) is 21.2. The lowest BCUT2D eigenvalue weighted by atomic mass is 9.75. The number of fused-ring (bicyclic) bond motifs is 3. The number of ether oxygens (including phenoxy) is 2. The second-order valence-corrected chi connectivity index (χ2v) is 8.84. The zero-order valence-electron chi connectivity index (χ0n) is 18.9. The molecule has 31 heavy (non-hydrogen) atoms. The molecule has 0 spiro atoms. The Balaban J connectivity index is 1.62. The van der Waals surface area contributed by atoms with Crippen LogP contribution in [-0.4, -0.2) is 31.8 Å². The van der Waals surface area contributed by atoms with Gasteiger partial charge >= 0.3 is 0 Å². The molecule has 1 atom stereocenters. The van der Waals surface area contributed by atoms with Crippen LogP contribution in [0.2, 0.25) is 0 Å². The Labute approximate surface area is 185 Å². The minimum absolute atomic E-state index is 0.0423. The number of para-hydroxylation sites is 1. The molecule has 0 saturated carbocycles. The largest absolute Gasteiger partial charge is 0.493 e. The van der Waals surface area contributed by atoms with Gasteiger partial charge in [0.1, 0.15) is 5.66 Å². The summed E-state index contributed by atoms with van der Waals surface area (Å²) < 4.78 is 11.5. The maximum absolute atomic E-state index is 12.4. The maximum Gasteiger partial charge on any atom is 0.241 e. The molecule has 2 aliphatic heterocycles. The molecule has 1 saturated heterocycles. The molecule has 4 rings (SSSR count). The minimum atomic E-state index is -0.601. The minimum Gasteiger partial charge on any atom is -0.493 e. The van der Waals surface area contributed by atoms with Gasteiger partial charge in [-0.1, -0.05) is 64.0 Å². The summed E-state index contributed by atoms with van der Waals surface area (Å²) >= 11 is 0. The van der Waals surface area contributed by atoms with Gasteiger partial charge in [0.15, 0.2) is 11.5 Å². The van der Waals surface area contributed by atoms with Crippen molar-refractivity contribution in [1.29, 1.82) is 0 Å². The van der Waals surface area contributed by atoms with Gasteiger partial charge in [0.2, 0.25) is 5.91 Å². The third-order valence-electron chi connectivity index (χ3n) is 6.59. The molecule has 0 bridgehead atoms. The first kappa shape index (κ1) is 21.3. The fourth-order valence-corrected chi connectivity index (χ4v) is 4.80. The number of rotatable bonds is 8. The lowest BCUT2D eigenvalue weighted by molar-refractivity contribution is -0.118. The van der Waals surface area contributed by atoms with E-state index >= 15 is 0 Å². The molecule has 2 aliphatic rings. The van der Waals surface area contributed by atoms with E-state index in [2.05, 4.69) is 61.3 Å². The fourth-order valence-electron chi connectivity index (χ4n) is 4.80. The van der Waals surface area contributed by atoms with Gasteiger partial charge in [0.05, 0.1) is 20.3 Å². The van der Waals surface area contributed by atoms with Crippen LogP contribution in [0.4, 0.5) is 5.69 Å². The van der Waals surface area contributed by atoms with E-state index in [1.807, 2.05) is 24.3 Å². The third-order valence-corrected chi connectivity index (χ3v) is 6.59. The first-order valence-electron chi connectivity index (χ1n) is 11.1. The van der Waals surface area contributed by atoms with Crippen LogP contribution in [0.25, 0.3) is 6.08 Å². The van der Waals surface area contributed by atoms with E-state index in [1.54, 1.807) is 7.11 Å². The van der Waals surface area contributed by atoms with Crippen molar-refractivity contribution >= 4 is 17.7 Å². The fraction of sp³-hybridized carbons (Fsp3) is 0.423. The molecule has 0 unspecified atom stereocenters. The van der Waals surface area contributed by atoms with Crippen molar-refractivity contribution in [2.75, 3.05) is 25.2 Å². The Kier molecular flexibility index (Phi) is 5.69. The van der Waals surface area contributed by atoms with Crippen molar-refractivity contribution < 1.29 is 14.3 Å². The van der Waals surface area contributed by atoms with Crippen LogP contribution in [0.15, 0.2) is 48.5 Å². The molecule has 1 fully saturated rings. The molecule has 2 heterocycles. The average molecular weight is 421 g/mol. The van der Waals surface area contributed by atoms with Gasteiger partial charge < -0.3 is 19.7 Å². The molecule has 2 aromatic carbocycles. The molecular formula is C26H32N2O3. The van der Waals surface area contributed by atoms with Gasteiger partial charge in [-0.3, -0.25) is 4.79 Å². The summed E-state index contributed by atoms with van der Waals surface area (Å²) in [7, 11) is 1.66. The number of carbonyl (C=O) groups excluding carboxylic acids is 1. The number of hydrogen-bond donors (Lipinski definition) is 1. The monoisotopic (exact) mass is 420 g/mol. The number of benzene rings is 2. The van der Waals surface area contributed by atoms with Crippen LogP contribution in [-0.2, 0) is 10.2 Å². The molecule has 0 radical (unpaired) electrons. The van der Waals surface area contributed by atoms with Gasteiger partial charge in [0, 0.05) is 11.1 Å². The predicted octanol–water partition coefficient (Wildman–Crippen LogP) is 4.90. The summed E-state index contributed by atoms with van der Waals surface area (Å²) in [4.78, 5) is 14.6. The molecule has 0 aromatic heterocycles. The van der Waals surface area contributed by atoms with Crippen LogP contribution in [0, 0.1) is 0 Å². The number of amides is 1. The van der Waals surface area contributed by atoms with E-state index in [0.717, 1.165) is 35.6 Å². The van der Waals surface area contributed by atoms with E-state index in [-0.39, 0.29) is 11.3 Å². The zero-order chi connectivity index (χ0) is 22.1. The summed E-state index contributed by atoms with van der Waals surface area (Å²) in [6.45, 7) is 7.61. The molecule has 1 amide bonds. The van der Waals surface area contributed by atoms with Gasteiger partial charge in [-0.2, -0.15) is 0 Å². The highest BCUT2D eigenvalue weighted by Crippen LogP contribution is 2.52. The van der Waals surface area contributed by atoms with Crippen molar-refractivity contribution in [3.63, 3.8) is 0 Å². The van der Waals surface area contributed by atoms with E-state index in [1.165, 1.54) is 12.0 Å². The maximum atomic E-state index is 12.4. The first-order chi connectivity index (χ1) is 14.9. The van der Waals surface area contributed by atoms with E-state index in [0.29, 0.717) is 13.2 Å². The van der Waals surface area contributed by atoms with Crippen LogP contribution in [0.5, 0.6) is 11.5 Å². The SMILES string of the molecule is CCCCCOc1ccc(/C=C/[C@@]23NC(=O)CN2c2ccccc2C3(C)C)cc1OC. The molecule has 5 heteroatoms. The number of nitrogens with zero attached hydrogens (tertiary/aromatic N) is 1. The molecule has 1 N–H and O–H groups in total. The topological polar surface area (TPSA) is 50.8 Å². The van der Waals surface area contributed by atoms with E-state index < -0.39 is 5.66 Å². The molecule has 2 aromatic rings. The highest BCUT2D eigenvalue weighted by atomic mass is 16.5. The summed E-state index contributed by atoms with van der Waals surface area (Å²) in [5, 5.41) is 3.26. The first-order valence-corrected chi connectivity index (χ1v) is 11.1. The van der Waals surface area contributed by atoms with Gasteiger partial charge in [-0.25, -0.2) is 0 Å².